The maximum atomic E-state index is 12.9. The second-order valence-electron chi connectivity index (χ2n) is 8.60. The molecule has 2 aromatic carbocycles. The number of benzene rings is 2. The van der Waals surface area contributed by atoms with Crippen LogP contribution in [-0.2, 0) is 10.2 Å². The van der Waals surface area contributed by atoms with Crippen LogP contribution in [0.2, 0.25) is 0 Å². The lowest BCUT2D eigenvalue weighted by Crippen LogP contribution is -2.37. The lowest BCUT2D eigenvalue weighted by atomic mass is 9.86. The summed E-state index contributed by atoms with van der Waals surface area (Å²) in [6, 6.07) is 15.1. The van der Waals surface area contributed by atoms with Crippen molar-refractivity contribution in [3.8, 4) is 0 Å². The number of hydrogen-bond acceptors (Lipinski definition) is 3. The SMILES string of the molecule is CC(C)(C)c1ccc(C(=O)c2cccc(NC(=S)NCCN3CCCC3=O)c2)cc1. The fourth-order valence-corrected chi connectivity index (χ4v) is 3.67. The quantitative estimate of drug-likeness (QED) is 0.541. The monoisotopic (exact) mass is 423 g/mol. The van der Waals surface area contributed by atoms with Crippen molar-refractivity contribution < 1.29 is 9.59 Å². The Morgan fingerprint density at radius 1 is 1.10 bits per heavy atom. The summed E-state index contributed by atoms with van der Waals surface area (Å²) in [7, 11) is 0. The number of nitrogens with one attached hydrogen (secondary N) is 2. The van der Waals surface area contributed by atoms with Crippen molar-refractivity contribution in [3.05, 3.63) is 65.2 Å². The first kappa shape index (κ1) is 22.0. The Morgan fingerprint density at radius 3 is 2.47 bits per heavy atom. The number of carbonyl (C=O) groups excluding carboxylic acids is 2. The summed E-state index contributed by atoms with van der Waals surface area (Å²) in [5.74, 6) is 0.183. The molecule has 6 heteroatoms. The van der Waals surface area contributed by atoms with Crippen molar-refractivity contribution in [3.63, 3.8) is 0 Å². The van der Waals surface area contributed by atoms with Crippen molar-refractivity contribution in [1.82, 2.24) is 10.2 Å². The maximum absolute atomic E-state index is 12.9. The molecule has 1 saturated heterocycles. The fraction of sp³-hybridized carbons (Fsp3) is 0.375. The van der Waals surface area contributed by atoms with Gasteiger partial charge in [0.25, 0.3) is 0 Å². The van der Waals surface area contributed by atoms with E-state index in [1.54, 1.807) is 12.1 Å². The Morgan fingerprint density at radius 2 is 1.83 bits per heavy atom. The van der Waals surface area contributed by atoms with Gasteiger partial charge in [0.1, 0.15) is 0 Å². The Bertz CT molecular complexity index is 932. The largest absolute Gasteiger partial charge is 0.361 e. The van der Waals surface area contributed by atoms with Crippen LogP contribution in [0.1, 0.15) is 55.1 Å². The van der Waals surface area contributed by atoms with E-state index in [0.717, 1.165) is 18.7 Å². The Balaban J connectivity index is 1.57. The number of anilines is 1. The first-order valence-corrected chi connectivity index (χ1v) is 10.7. The minimum Gasteiger partial charge on any atom is -0.361 e. The van der Waals surface area contributed by atoms with Gasteiger partial charge in [0.15, 0.2) is 10.9 Å². The van der Waals surface area contributed by atoms with Crippen LogP contribution in [0.5, 0.6) is 0 Å². The molecule has 0 spiro atoms. The van der Waals surface area contributed by atoms with Gasteiger partial charge in [-0.25, -0.2) is 0 Å². The second-order valence-corrected chi connectivity index (χ2v) is 9.01. The van der Waals surface area contributed by atoms with E-state index in [4.69, 9.17) is 12.2 Å². The highest BCUT2D eigenvalue weighted by molar-refractivity contribution is 7.80. The van der Waals surface area contributed by atoms with Crippen LogP contribution >= 0.6 is 12.2 Å². The van der Waals surface area contributed by atoms with E-state index in [0.29, 0.717) is 35.7 Å². The van der Waals surface area contributed by atoms with Gasteiger partial charge in [-0.2, -0.15) is 0 Å². The molecule has 0 radical (unpaired) electrons. The maximum Gasteiger partial charge on any atom is 0.222 e. The standard InChI is InChI=1S/C24H29N3O2S/c1-24(2,3)19-11-9-17(10-12-19)22(29)18-6-4-7-20(16-18)26-23(30)25-13-15-27-14-5-8-21(27)28/h4,6-7,9-12,16H,5,8,13-15H2,1-3H3,(H2,25,26,30). The number of ketones is 1. The first-order chi connectivity index (χ1) is 14.2. The average Bonchev–Trinajstić information content (AvgIpc) is 3.12. The van der Waals surface area contributed by atoms with E-state index in [1.165, 1.54) is 5.56 Å². The molecule has 0 aromatic heterocycles. The van der Waals surface area contributed by atoms with Gasteiger partial charge in [0.2, 0.25) is 5.91 Å². The molecule has 1 amide bonds. The number of thiocarbonyl (C=S) groups is 1. The molecule has 1 fully saturated rings. The summed E-state index contributed by atoms with van der Waals surface area (Å²) in [6.07, 6.45) is 1.57. The molecule has 1 aliphatic heterocycles. The zero-order valence-electron chi connectivity index (χ0n) is 17.8. The van der Waals surface area contributed by atoms with Crippen LogP contribution in [-0.4, -0.2) is 41.3 Å². The predicted molar refractivity (Wildman–Crippen MR) is 125 cm³/mol. The molecular formula is C24H29N3O2S. The van der Waals surface area contributed by atoms with Crippen LogP contribution in [0.25, 0.3) is 0 Å². The van der Waals surface area contributed by atoms with Crippen LogP contribution < -0.4 is 10.6 Å². The summed E-state index contributed by atoms with van der Waals surface area (Å²) >= 11 is 5.35. The summed E-state index contributed by atoms with van der Waals surface area (Å²) in [5.41, 5.74) is 3.27. The summed E-state index contributed by atoms with van der Waals surface area (Å²) < 4.78 is 0. The van der Waals surface area contributed by atoms with Gasteiger partial charge in [-0.3, -0.25) is 9.59 Å². The third-order valence-corrected chi connectivity index (χ3v) is 5.48. The van der Waals surface area contributed by atoms with E-state index in [2.05, 4.69) is 31.4 Å². The molecule has 1 heterocycles. The molecule has 2 aromatic rings. The molecule has 0 unspecified atom stereocenters. The fourth-order valence-electron chi connectivity index (χ4n) is 3.45. The van der Waals surface area contributed by atoms with Gasteiger partial charge in [-0.1, -0.05) is 57.2 Å². The number of hydrogen-bond donors (Lipinski definition) is 2. The highest BCUT2D eigenvalue weighted by Gasteiger charge is 2.19. The highest BCUT2D eigenvalue weighted by atomic mass is 32.1. The van der Waals surface area contributed by atoms with Gasteiger partial charge >= 0.3 is 0 Å². The van der Waals surface area contributed by atoms with E-state index in [1.807, 2.05) is 41.3 Å². The molecule has 158 valence electrons. The zero-order valence-corrected chi connectivity index (χ0v) is 18.6. The Labute approximate surface area is 183 Å². The molecule has 5 nitrogen and oxygen atoms in total. The molecule has 1 aliphatic rings. The van der Waals surface area contributed by atoms with Gasteiger partial charge in [0.05, 0.1) is 0 Å². The lowest BCUT2D eigenvalue weighted by Gasteiger charge is -2.19. The average molecular weight is 424 g/mol. The number of rotatable bonds is 6. The van der Waals surface area contributed by atoms with Crippen LogP contribution in [0.3, 0.4) is 0 Å². The van der Waals surface area contributed by atoms with Crippen LogP contribution in [0.4, 0.5) is 5.69 Å². The van der Waals surface area contributed by atoms with E-state index in [9.17, 15) is 9.59 Å². The van der Waals surface area contributed by atoms with Gasteiger partial charge < -0.3 is 15.5 Å². The van der Waals surface area contributed by atoms with E-state index >= 15 is 0 Å². The van der Waals surface area contributed by atoms with E-state index in [-0.39, 0.29) is 17.1 Å². The minimum absolute atomic E-state index is 0.0227. The van der Waals surface area contributed by atoms with Crippen molar-refractivity contribution >= 4 is 34.7 Å². The van der Waals surface area contributed by atoms with Crippen molar-refractivity contribution in [2.75, 3.05) is 25.0 Å². The number of nitrogens with zero attached hydrogens (tertiary/aromatic N) is 1. The Hall–Kier alpha value is -2.73. The Kier molecular flexibility index (Phi) is 6.87. The smallest absolute Gasteiger partial charge is 0.222 e. The zero-order chi connectivity index (χ0) is 21.7. The highest BCUT2D eigenvalue weighted by Crippen LogP contribution is 2.23. The third kappa shape index (κ3) is 5.66. The van der Waals surface area contributed by atoms with Gasteiger partial charge in [0, 0.05) is 42.9 Å². The first-order valence-electron chi connectivity index (χ1n) is 10.3. The second kappa shape index (κ2) is 9.39. The third-order valence-electron chi connectivity index (χ3n) is 5.23. The topological polar surface area (TPSA) is 61.4 Å². The molecule has 0 atom stereocenters. The number of carbonyl (C=O) groups is 2. The van der Waals surface area contributed by atoms with Crippen LogP contribution in [0.15, 0.2) is 48.5 Å². The van der Waals surface area contributed by atoms with E-state index < -0.39 is 0 Å². The molecule has 30 heavy (non-hydrogen) atoms. The molecule has 0 bridgehead atoms. The molecule has 0 saturated carbocycles. The molecule has 2 N–H and O–H groups in total. The van der Waals surface area contributed by atoms with Gasteiger partial charge in [-0.15, -0.1) is 0 Å². The lowest BCUT2D eigenvalue weighted by molar-refractivity contribution is -0.127. The molecular weight excluding hydrogens is 394 g/mol. The van der Waals surface area contributed by atoms with Crippen molar-refractivity contribution in [1.29, 1.82) is 0 Å². The molecule has 0 aliphatic carbocycles. The minimum atomic E-state index is -0.0227. The molecule has 3 rings (SSSR count). The number of amides is 1. The van der Waals surface area contributed by atoms with Crippen molar-refractivity contribution in [2.24, 2.45) is 0 Å². The van der Waals surface area contributed by atoms with Crippen molar-refractivity contribution in [2.45, 2.75) is 39.0 Å². The summed E-state index contributed by atoms with van der Waals surface area (Å²) in [5, 5.41) is 6.71. The normalized spacial score (nSPS) is 14.0. The van der Waals surface area contributed by atoms with Crippen LogP contribution in [0, 0.1) is 0 Å². The number of likely N-dealkylation sites (tertiary alicyclic amines) is 1. The summed E-state index contributed by atoms with van der Waals surface area (Å²) in [4.78, 5) is 26.4. The predicted octanol–water partition coefficient (Wildman–Crippen LogP) is 4.12. The summed E-state index contributed by atoms with van der Waals surface area (Å²) in [6.45, 7) is 8.51. The van der Waals surface area contributed by atoms with Gasteiger partial charge in [-0.05, 0) is 41.7 Å².